The molecule has 1 fully saturated rings. The third-order valence-corrected chi connectivity index (χ3v) is 4.79. The number of carbonyl (C=O) groups is 1. The number of carbonyl (C=O) groups excluding carboxylic acids is 1. The Hall–Kier alpha value is -2.54. The summed E-state index contributed by atoms with van der Waals surface area (Å²) in [6, 6.07) is 8.22. The quantitative estimate of drug-likeness (QED) is 0.886. The molecule has 0 atom stereocenters. The lowest BCUT2D eigenvalue weighted by Crippen LogP contribution is -2.40. The van der Waals surface area contributed by atoms with Crippen LogP contribution in [0.25, 0.3) is 5.69 Å². The van der Waals surface area contributed by atoms with Crippen LogP contribution in [0.2, 0.25) is 0 Å². The lowest BCUT2D eigenvalue weighted by atomic mass is 9.93. The minimum absolute atomic E-state index is 0.173. The first-order chi connectivity index (χ1) is 12.6. The minimum atomic E-state index is -0.393. The zero-order valence-corrected chi connectivity index (χ0v) is 14.8. The molecule has 138 valence electrons. The largest absolute Gasteiger partial charge is 0.337 e. The number of aromatic nitrogens is 2. The molecule has 0 unspecified atom stereocenters. The van der Waals surface area contributed by atoms with Crippen molar-refractivity contribution in [3.05, 3.63) is 58.3 Å². The Morgan fingerprint density at radius 1 is 1.19 bits per heavy atom. The van der Waals surface area contributed by atoms with Crippen molar-refractivity contribution in [1.82, 2.24) is 20.0 Å². The van der Waals surface area contributed by atoms with Gasteiger partial charge >= 0.3 is 0 Å². The van der Waals surface area contributed by atoms with E-state index in [1.807, 2.05) is 7.05 Å². The Morgan fingerprint density at radius 3 is 2.54 bits per heavy atom. The SMILES string of the molecule is CNCCC1CCN(C(=O)c2ccc(=O)n(-c3ccc(F)cc3)n2)CC1. The highest BCUT2D eigenvalue weighted by molar-refractivity contribution is 5.92. The third kappa shape index (κ3) is 4.16. The van der Waals surface area contributed by atoms with Gasteiger partial charge in [-0.15, -0.1) is 0 Å². The highest BCUT2D eigenvalue weighted by Gasteiger charge is 2.24. The lowest BCUT2D eigenvalue weighted by Gasteiger charge is -2.31. The van der Waals surface area contributed by atoms with Crippen LogP contribution in [0, 0.1) is 11.7 Å². The molecule has 2 aromatic rings. The average Bonchev–Trinajstić information content (AvgIpc) is 2.67. The van der Waals surface area contributed by atoms with Gasteiger partial charge in [0.1, 0.15) is 11.5 Å². The predicted molar refractivity (Wildman–Crippen MR) is 97.0 cm³/mol. The van der Waals surface area contributed by atoms with Crippen LogP contribution in [0.5, 0.6) is 0 Å². The number of hydrogen-bond acceptors (Lipinski definition) is 4. The maximum absolute atomic E-state index is 13.1. The summed E-state index contributed by atoms with van der Waals surface area (Å²) in [5.74, 6) is 0.0655. The van der Waals surface area contributed by atoms with Gasteiger partial charge in [-0.3, -0.25) is 9.59 Å². The van der Waals surface area contributed by atoms with E-state index in [2.05, 4.69) is 10.4 Å². The second-order valence-electron chi connectivity index (χ2n) is 6.57. The number of piperidine rings is 1. The maximum atomic E-state index is 13.1. The second kappa shape index (κ2) is 8.23. The van der Waals surface area contributed by atoms with Crippen LogP contribution < -0.4 is 10.9 Å². The van der Waals surface area contributed by atoms with Gasteiger partial charge in [0.2, 0.25) is 0 Å². The predicted octanol–water partition coefficient (Wildman–Crippen LogP) is 1.83. The Morgan fingerprint density at radius 2 is 1.88 bits per heavy atom. The number of nitrogens with zero attached hydrogens (tertiary/aromatic N) is 3. The van der Waals surface area contributed by atoms with Crippen LogP contribution in [0.4, 0.5) is 4.39 Å². The van der Waals surface area contributed by atoms with E-state index in [-0.39, 0.29) is 17.2 Å². The fourth-order valence-corrected chi connectivity index (χ4v) is 3.23. The van der Waals surface area contributed by atoms with Crippen molar-refractivity contribution in [3.63, 3.8) is 0 Å². The summed E-state index contributed by atoms with van der Waals surface area (Å²) < 4.78 is 14.2. The van der Waals surface area contributed by atoms with Gasteiger partial charge in [-0.1, -0.05) is 0 Å². The van der Waals surface area contributed by atoms with Gasteiger partial charge in [-0.25, -0.2) is 4.39 Å². The van der Waals surface area contributed by atoms with E-state index in [9.17, 15) is 14.0 Å². The Kier molecular flexibility index (Phi) is 5.78. The van der Waals surface area contributed by atoms with E-state index in [0.29, 0.717) is 24.7 Å². The second-order valence-corrected chi connectivity index (χ2v) is 6.57. The minimum Gasteiger partial charge on any atom is -0.337 e. The van der Waals surface area contributed by atoms with Gasteiger partial charge in [0.15, 0.2) is 0 Å². The number of rotatable bonds is 5. The van der Waals surface area contributed by atoms with Gasteiger partial charge in [0.05, 0.1) is 5.69 Å². The Labute approximate surface area is 151 Å². The van der Waals surface area contributed by atoms with Crippen LogP contribution in [0.1, 0.15) is 29.8 Å². The van der Waals surface area contributed by atoms with Crippen LogP contribution in [0.3, 0.4) is 0 Å². The van der Waals surface area contributed by atoms with E-state index in [1.54, 1.807) is 4.90 Å². The van der Waals surface area contributed by atoms with Crippen LogP contribution in [0.15, 0.2) is 41.2 Å². The maximum Gasteiger partial charge on any atom is 0.274 e. The van der Waals surface area contributed by atoms with Gasteiger partial charge < -0.3 is 10.2 Å². The fourth-order valence-electron chi connectivity index (χ4n) is 3.23. The topological polar surface area (TPSA) is 67.2 Å². The Balaban J connectivity index is 1.73. The van der Waals surface area contributed by atoms with Gasteiger partial charge in [-0.2, -0.15) is 9.78 Å². The Bertz CT molecular complexity index is 811. The third-order valence-electron chi connectivity index (χ3n) is 4.79. The van der Waals surface area contributed by atoms with Crippen molar-refractivity contribution in [3.8, 4) is 5.69 Å². The molecule has 26 heavy (non-hydrogen) atoms. The van der Waals surface area contributed by atoms with Crippen LogP contribution in [-0.4, -0.2) is 47.3 Å². The summed E-state index contributed by atoms with van der Waals surface area (Å²) in [5.41, 5.74) is 0.290. The molecule has 0 radical (unpaired) electrons. The van der Waals surface area contributed by atoms with Crippen LogP contribution in [-0.2, 0) is 0 Å². The summed E-state index contributed by atoms with van der Waals surface area (Å²) in [4.78, 5) is 26.6. The molecule has 0 bridgehead atoms. The molecule has 1 aliphatic rings. The zero-order chi connectivity index (χ0) is 18.5. The molecular weight excluding hydrogens is 335 g/mol. The zero-order valence-electron chi connectivity index (χ0n) is 14.8. The van der Waals surface area contributed by atoms with Crippen molar-refractivity contribution in [2.45, 2.75) is 19.3 Å². The first-order valence-electron chi connectivity index (χ1n) is 8.88. The molecular formula is C19H23FN4O2. The molecule has 7 heteroatoms. The fraction of sp³-hybridized carbons (Fsp3) is 0.421. The van der Waals surface area contributed by atoms with Gasteiger partial charge in [0.25, 0.3) is 11.5 Å². The monoisotopic (exact) mass is 358 g/mol. The first kappa shape index (κ1) is 18.3. The smallest absolute Gasteiger partial charge is 0.274 e. The van der Waals surface area contributed by atoms with E-state index in [0.717, 1.165) is 30.5 Å². The van der Waals surface area contributed by atoms with E-state index >= 15 is 0 Å². The number of benzene rings is 1. The highest BCUT2D eigenvalue weighted by atomic mass is 19.1. The lowest BCUT2D eigenvalue weighted by molar-refractivity contribution is 0.0679. The molecule has 2 heterocycles. The standard InChI is InChI=1S/C19H23FN4O2/c1-21-11-8-14-9-12-23(13-10-14)19(26)17-6-7-18(25)24(22-17)16-4-2-15(20)3-5-16/h2-7,14,21H,8-13H2,1H3. The van der Waals surface area contributed by atoms with Crippen molar-refractivity contribution in [2.75, 3.05) is 26.7 Å². The van der Waals surface area contributed by atoms with E-state index in [4.69, 9.17) is 0 Å². The average molecular weight is 358 g/mol. The van der Waals surface area contributed by atoms with Crippen molar-refractivity contribution in [2.24, 2.45) is 5.92 Å². The molecule has 6 nitrogen and oxygen atoms in total. The summed E-state index contributed by atoms with van der Waals surface area (Å²) in [7, 11) is 1.94. The van der Waals surface area contributed by atoms with E-state index < -0.39 is 5.82 Å². The number of halogens is 1. The van der Waals surface area contributed by atoms with Crippen LogP contribution >= 0.6 is 0 Å². The molecule has 1 N–H and O–H groups in total. The van der Waals surface area contributed by atoms with E-state index in [1.165, 1.54) is 36.4 Å². The van der Waals surface area contributed by atoms with Crippen molar-refractivity contribution in [1.29, 1.82) is 0 Å². The number of likely N-dealkylation sites (tertiary alicyclic amines) is 1. The summed E-state index contributed by atoms with van der Waals surface area (Å²) in [6.07, 6.45) is 3.07. The highest BCUT2D eigenvalue weighted by Crippen LogP contribution is 2.21. The molecule has 1 amide bonds. The number of nitrogens with one attached hydrogen (secondary N) is 1. The molecule has 1 saturated heterocycles. The van der Waals surface area contributed by atoms with Crippen molar-refractivity contribution >= 4 is 5.91 Å². The normalized spacial score (nSPS) is 15.2. The number of hydrogen-bond donors (Lipinski definition) is 1. The molecule has 1 aromatic heterocycles. The summed E-state index contributed by atoms with van der Waals surface area (Å²) in [5, 5.41) is 7.36. The number of amides is 1. The molecule has 1 aromatic carbocycles. The first-order valence-corrected chi connectivity index (χ1v) is 8.88. The summed E-state index contributed by atoms with van der Waals surface area (Å²) >= 11 is 0. The van der Waals surface area contributed by atoms with Gasteiger partial charge in [0, 0.05) is 19.2 Å². The van der Waals surface area contributed by atoms with Gasteiger partial charge in [-0.05, 0) is 69.1 Å². The molecule has 1 aliphatic heterocycles. The molecule has 0 aliphatic carbocycles. The molecule has 3 rings (SSSR count). The summed E-state index contributed by atoms with van der Waals surface area (Å²) in [6.45, 7) is 2.39. The molecule has 0 spiro atoms. The van der Waals surface area contributed by atoms with Crippen molar-refractivity contribution < 1.29 is 9.18 Å². The molecule has 0 saturated carbocycles.